The van der Waals surface area contributed by atoms with Gasteiger partial charge in [0.15, 0.2) is 0 Å². The number of aromatic nitrogens is 3. The molecular weight excluding hydrogens is 290 g/mol. The van der Waals surface area contributed by atoms with E-state index in [1.807, 2.05) is 18.2 Å². The predicted molar refractivity (Wildman–Crippen MR) is 80.8 cm³/mol. The molecule has 0 spiro atoms. The van der Waals surface area contributed by atoms with E-state index in [0.717, 1.165) is 5.69 Å². The van der Waals surface area contributed by atoms with Crippen LogP contribution in [0.25, 0.3) is 10.9 Å². The standard InChI is InChI=1S/C15H12ClN3O2/c1-9-6-11(16)12-13(14(9)20)18-8-19(15(12)21)7-10-4-2-3-5-17-10/h2-6,8,20H,7H2,1H3. The van der Waals surface area contributed by atoms with Gasteiger partial charge in [-0.15, -0.1) is 0 Å². The summed E-state index contributed by atoms with van der Waals surface area (Å²) in [6.45, 7) is 2.01. The zero-order valence-corrected chi connectivity index (χ0v) is 12.0. The van der Waals surface area contributed by atoms with Crippen LogP contribution >= 0.6 is 11.6 Å². The van der Waals surface area contributed by atoms with Gasteiger partial charge in [0.1, 0.15) is 11.3 Å². The van der Waals surface area contributed by atoms with Gasteiger partial charge in [0, 0.05) is 6.20 Å². The molecule has 6 heteroatoms. The Morgan fingerprint density at radius 2 is 2.14 bits per heavy atom. The summed E-state index contributed by atoms with van der Waals surface area (Å²) in [5.41, 5.74) is 1.25. The number of aromatic hydroxyl groups is 1. The van der Waals surface area contributed by atoms with Gasteiger partial charge in [-0.3, -0.25) is 14.3 Å². The molecule has 0 fully saturated rings. The molecular formula is C15H12ClN3O2. The van der Waals surface area contributed by atoms with Gasteiger partial charge < -0.3 is 5.11 Å². The summed E-state index contributed by atoms with van der Waals surface area (Å²) < 4.78 is 1.42. The molecule has 0 radical (unpaired) electrons. The van der Waals surface area contributed by atoms with Crippen molar-refractivity contribution in [3.05, 3.63) is 63.4 Å². The van der Waals surface area contributed by atoms with E-state index in [1.54, 1.807) is 19.2 Å². The number of benzene rings is 1. The van der Waals surface area contributed by atoms with Gasteiger partial charge in [-0.2, -0.15) is 0 Å². The molecule has 0 atom stereocenters. The highest BCUT2D eigenvalue weighted by Gasteiger charge is 2.14. The minimum atomic E-state index is -0.300. The summed E-state index contributed by atoms with van der Waals surface area (Å²) >= 11 is 6.13. The van der Waals surface area contributed by atoms with Gasteiger partial charge in [0.25, 0.3) is 5.56 Å². The van der Waals surface area contributed by atoms with Gasteiger partial charge >= 0.3 is 0 Å². The Hall–Kier alpha value is -2.40. The maximum atomic E-state index is 12.5. The molecule has 21 heavy (non-hydrogen) atoms. The predicted octanol–water partition coefficient (Wildman–Crippen LogP) is 2.51. The first-order valence-electron chi connectivity index (χ1n) is 6.35. The van der Waals surface area contributed by atoms with Crippen molar-refractivity contribution in [2.75, 3.05) is 0 Å². The lowest BCUT2D eigenvalue weighted by atomic mass is 10.1. The molecule has 3 aromatic rings. The SMILES string of the molecule is Cc1cc(Cl)c2c(=O)n(Cc3ccccn3)cnc2c1O. The van der Waals surface area contributed by atoms with Crippen LogP contribution in [0.3, 0.4) is 0 Å². The third-order valence-electron chi connectivity index (χ3n) is 3.28. The molecule has 0 saturated carbocycles. The summed E-state index contributed by atoms with van der Waals surface area (Å²) in [7, 11) is 0. The normalized spacial score (nSPS) is 11.0. The fraction of sp³-hybridized carbons (Fsp3) is 0.133. The Morgan fingerprint density at radius 3 is 2.86 bits per heavy atom. The van der Waals surface area contributed by atoms with Crippen molar-refractivity contribution in [3.63, 3.8) is 0 Å². The van der Waals surface area contributed by atoms with Crippen LogP contribution in [0.5, 0.6) is 5.75 Å². The van der Waals surface area contributed by atoms with Crippen molar-refractivity contribution >= 4 is 22.5 Å². The summed E-state index contributed by atoms with van der Waals surface area (Å²) in [5, 5.41) is 10.5. The topological polar surface area (TPSA) is 68.0 Å². The maximum Gasteiger partial charge on any atom is 0.263 e. The van der Waals surface area contributed by atoms with Crippen LogP contribution in [0.2, 0.25) is 5.02 Å². The van der Waals surface area contributed by atoms with Crippen LogP contribution in [-0.2, 0) is 6.54 Å². The lowest BCUT2D eigenvalue weighted by Gasteiger charge is -2.09. The van der Waals surface area contributed by atoms with Crippen LogP contribution in [-0.4, -0.2) is 19.6 Å². The van der Waals surface area contributed by atoms with Gasteiger partial charge in [0.05, 0.1) is 29.0 Å². The van der Waals surface area contributed by atoms with E-state index >= 15 is 0 Å². The van der Waals surface area contributed by atoms with Crippen LogP contribution < -0.4 is 5.56 Å². The average molecular weight is 302 g/mol. The number of nitrogens with zero attached hydrogens (tertiary/aromatic N) is 3. The van der Waals surface area contributed by atoms with Crippen molar-refractivity contribution in [1.82, 2.24) is 14.5 Å². The van der Waals surface area contributed by atoms with Crippen LogP contribution in [0, 0.1) is 6.92 Å². The fourth-order valence-electron chi connectivity index (χ4n) is 2.18. The number of fused-ring (bicyclic) bond motifs is 1. The van der Waals surface area contributed by atoms with E-state index in [9.17, 15) is 9.90 Å². The van der Waals surface area contributed by atoms with Crippen LogP contribution in [0.1, 0.15) is 11.3 Å². The van der Waals surface area contributed by atoms with Crippen molar-refractivity contribution in [2.45, 2.75) is 13.5 Å². The number of aryl methyl sites for hydroxylation is 1. The van der Waals surface area contributed by atoms with Crippen molar-refractivity contribution < 1.29 is 5.11 Å². The van der Waals surface area contributed by atoms with E-state index < -0.39 is 0 Å². The Morgan fingerprint density at radius 1 is 1.33 bits per heavy atom. The Kier molecular flexibility index (Phi) is 3.35. The van der Waals surface area contributed by atoms with Crippen molar-refractivity contribution in [2.24, 2.45) is 0 Å². The molecule has 5 nitrogen and oxygen atoms in total. The zero-order chi connectivity index (χ0) is 15.0. The molecule has 2 aromatic heterocycles. The monoisotopic (exact) mass is 301 g/mol. The number of rotatable bonds is 2. The van der Waals surface area contributed by atoms with E-state index in [-0.39, 0.29) is 27.2 Å². The van der Waals surface area contributed by atoms with Crippen molar-refractivity contribution in [3.8, 4) is 5.75 Å². The lowest BCUT2D eigenvalue weighted by molar-refractivity contribution is 0.476. The van der Waals surface area contributed by atoms with E-state index in [0.29, 0.717) is 12.1 Å². The molecule has 0 saturated heterocycles. The highest BCUT2D eigenvalue weighted by molar-refractivity contribution is 6.35. The molecule has 0 aliphatic rings. The molecule has 0 aliphatic heterocycles. The summed E-state index contributed by atoms with van der Waals surface area (Å²) in [6.07, 6.45) is 3.06. The molecule has 0 bridgehead atoms. The third kappa shape index (κ3) is 2.36. The van der Waals surface area contributed by atoms with Crippen LogP contribution in [0.15, 0.2) is 41.6 Å². The zero-order valence-electron chi connectivity index (χ0n) is 11.2. The molecule has 1 N–H and O–H groups in total. The second kappa shape index (κ2) is 5.18. The molecule has 0 aliphatic carbocycles. The number of halogens is 1. The third-order valence-corrected chi connectivity index (χ3v) is 3.57. The summed E-state index contributed by atoms with van der Waals surface area (Å²) in [6, 6.07) is 7.05. The fourth-order valence-corrected chi connectivity index (χ4v) is 2.51. The Labute approximate surface area is 125 Å². The maximum absolute atomic E-state index is 12.5. The van der Waals surface area contributed by atoms with Gasteiger partial charge in [0.2, 0.25) is 0 Å². The van der Waals surface area contributed by atoms with Gasteiger partial charge in [-0.1, -0.05) is 17.7 Å². The van der Waals surface area contributed by atoms with Gasteiger partial charge in [-0.25, -0.2) is 4.98 Å². The summed E-state index contributed by atoms with van der Waals surface area (Å²) in [4.78, 5) is 20.9. The minimum Gasteiger partial charge on any atom is -0.505 e. The Bertz CT molecular complexity index is 875. The second-order valence-corrected chi connectivity index (χ2v) is 5.15. The summed E-state index contributed by atoms with van der Waals surface area (Å²) in [5.74, 6) is -0.0171. The first-order chi connectivity index (χ1) is 10.1. The van der Waals surface area contributed by atoms with Crippen LogP contribution in [0.4, 0.5) is 0 Å². The smallest absolute Gasteiger partial charge is 0.263 e. The molecule has 3 rings (SSSR count). The van der Waals surface area contributed by atoms with E-state index in [4.69, 9.17) is 11.6 Å². The Balaban J connectivity index is 2.19. The molecule has 0 amide bonds. The molecule has 2 heterocycles. The minimum absolute atomic E-state index is 0.0171. The average Bonchev–Trinajstić information content (AvgIpc) is 2.48. The number of pyridine rings is 1. The first kappa shape index (κ1) is 13.6. The van der Waals surface area contributed by atoms with Crippen molar-refractivity contribution in [1.29, 1.82) is 0 Å². The molecule has 106 valence electrons. The van der Waals surface area contributed by atoms with E-state index in [2.05, 4.69) is 9.97 Å². The molecule has 0 unspecified atom stereocenters. The number of phenolic OH excluding ortho intramolecular Hbond substituents is 1. The first-order valence-corrected chi connectivity index (χ1v) is 6.73. The number of hydrogen-bond acceptors (Lipinski definition) is 4. The number of phenols is 1. The second-order valence-electron chi connectivity index (χ2n) is 4.75. The molecule has 1 aromatic carbocycles. The quantitative estimate of drug-likeness (QED) is 0.789. The highest BCUT2D eigenvalue weighted by atomic mass is 35.5. The van der Waals surface area contributed by atoms with Gasteiger partial charge in [-0.05, 0) is 30.7 Å². The lowest BCUT2D eigenvalue weighted by Crippen LogP contribution is -2.22. The van der Waals surface area contributed by atoms with E-state index in [1.165, 1.54) is 10.9 Å². The largest absolute Gasteiger partial charge is 0.505 e. The number of hydrogen-bond donors (Lipinski definition) is 1. The highest BCUT2D eigenvalue weighted by Crippen LogP contribution is 2.30.